The molecule has 0 unspecified atom stereocenters. The molecule has 1 aromatic carbocycles. The number of hydrogen-bond acceptors (Lipinski definition) is 5. The van der Waals surface area contributed by atoms with Crippen LogP contribution in [0.25, 0.3) is 0 Å². The van der Waals surface area contributed by atoms with E-state index in [-0.39, 0.29) is 12.4 Å². The Balaban J connectivity index is 2.09. The monoisotopic (exact) mass is 278 g/mol. The molecular formula is C13H11FN2O2S. The van der Waals surface area contributed by atoms with Gasteiger partial charge in [-0.25, -0.2) is 4.39 Å². The molecular weight excluding hydrogens is 267 g/mol. The molecule has 0 radical (unpaired) electrons. The van der Waals surface area contributed by atoms with Crippen molar-refractivity contribution in [3.8, 4) is 11.8 Å². The number of hydrogen-bond donors (Lipinski definition) is 1. The van der Waals surface area contributed by atoms with Crippen molar-refractivity contribution in [3.05, 3.63) is 41.0 Å². The summed E-state index contributed by atoms with van der Waals surface area (Å²) in [6.07, 6.45) is 0. The molecule has 0 aliphatic heterocycles. The van der Waals surface area contributed by atoms with E-state index in [0.717, 1.165) is 5.56 Å². The van der Waals surface area contributed by atoms with Crippen molar-refractivity contribution in [3.63, 3.8) is 0 Å². The summed E-state index contributed by atoms with van der Waals surface area (Å²) in [4.78, 5) is 0. The van der Waals surface area contributed by atoms with E-state index in [4.69, 9.17) is 9.52 Å². The first-order chi connectivity index (χ1) is 9.17. The van der Waals surface area contributed by atoms with Crippen LogP contribution < -0.4 is 0 Å². The smallest absolute Gasteiger partial charge is 0.276 e. The van der Waals surface area contributed by atoms with Crippen LogP contribution in [0.1, 0.15) is 17.0 Å². The van der Waals surface area contributed by atoms with Crippen molar-refractivity contribution < 1.29 is 13.9 Å². The highest BCUT2D eigenvalue weighted by Gasteiger charge is 2.05. The number of benzene rings is 1. The Morgan fingerprint density at radius 3 is 2.89 bits per heavy atom. The summed E-state index contributed by atoms with van der Waals surface area (Å²) in [5.74, 6) is 5.81. The Bertz CT molecular complexity index is 631. The second-order valence-corrected chi connectivity index (χ2v) is 4.61. The molecule has 98 valence electrons. The van der Waals surface area contributed by atoms with E-state index in [9.17, 15) is 4.39 Å². The molecule has 0 bridgehead atoms. The minimum Gasteiger partial charge on any atom is -0.416 e. The molecule has 2 rings (SSSR count). The molecule has 19 heavy (non-hydrogen) atoms. The van der Waals surface area contributed by atoms with Gasteiger partial charge in [-0.05, 0) is 23.8 Å². The van der Waals surface area contributed by atoms with Crippen molar-refractivity contribution in [2.24, 2.45) is 0 Å². The maximum atomic E-state index is 13.4. The molecule has 4 nitrogen and oxygen atoms in total. The topological polar surface area (TPSA) is 59.2 Å². The van der Waals surface area contributed by atoms with Gasteiger partial charge in [0.2, 0.25) is 5.89 Å². The predicted molar refractivity (Wildman–Crippen MR) is 69.0 cm³/mol. The van der Waals surface area contributed by atoms with Crippen LogP contribution in [0.2, 0.25) is 0 Å². The van der Waals surface area contributed by atoms with Crippen LogP contribution in [0.3, 0.4) is 0 Å². The van der Waals surface area contributed by atoms with Crippen LogP contribution >= 0.6 is 11.8 Å². The number of aliphatic hydroxyl groups is 1. The maximum Gasteiger partial charge on any atom is 0.276 e. The second kappa shape index (κ2) is 6.36. The molecule has 1 N–H and O–H groups in total. The molecule has 0 saturated heterocycles. The highest BCUT2D eigenvalue weighted by molar-refractivity contribution is 7.98. The van der Waals surface area contributed by atoms with Crippen LogP contribution in [-0.4, -0.2) is 21.9 Å². The summed E-state index contributed by atoms with van der Waals surface area (Å²) in [7, 11) is 0. The van der Waals surface area contributed by atoms with Gasteiger partial charge in [-0.3, -0.25) is 0 Å². The molecule has 0 amide bonds. The fraction of sp³-hybridized carbons (Fsp3) is 0.231. The van der Waals surface area contributed by atoms with E-state index in [1.54, 1.807) is 13.0 Å². The van der Waals surface area contributed by atoms with E-state index in [1.807, 2.05) is 0 Å². The molecule has 1 aromatic heterocycles. The molecule has 0 fully saturated rings. The molecule has 6 heteroatoms. The fourth-order valence-electron chi connectivity index (χ4n) is 1.43. The maximum absolute atomic E-state index is 13.4. The molecule has 0 spiro atoms. The zero-order valence-electron chi connectivity index (χ0n) is 10.2. The van der Waals surface area contributed by atoms with Gasteiger partial charge in [-0.2, -0.15) is 0 Å². The second-order valence-electron chi connectivity index (χ2n) is 3.68. The average molecular weight is 278 g/mol. The first kappa shape index (κ1) is 13.6. The minimum atomic E-state index is -0.359. The third kappa shape index (κ3) is 4.09. The standard InChI is InChI=1S/C13H11FN2O2S/c1-9-15-16-13(18-9)19-8-11-5-10(3-2-4-17)6-12(14)7-11/h5-7,17H,4,8H2,1H3. The van der Waals surface area contributed by atoms with E-state index >= 15 is 0 Å². The van der Waals surface area contributed by atoms with Crippen molar-refractivity contribution in [1.29, 1.82) is 0 Å². The Kier molecular flexibility index (Phi) is 4.55. The van der Waals surface area contributed by atoms with Gasteiger partial charge in [-0.1, -0.05) is 23.6 Å². The highest BCUT2D eigenvalue weighted by Crippen LogP contribution is 2.22. The molecule has 0 saturated carbocycles. The number of aliphatic hydroxyl groups excluding tert-OH is 1. The predicted octanol–water partition coefficient (Wildman–Crippen LogP) is 2.15. The average Bonchev–Trinajstić information content (AvgIpc) is 2.79. The van der Waals surface area contributed by atoms with Gasteiger partial charge in [0.25, 0.3) is 5.22 Å². The van der Waals surface area contributed by atoms with E-state index in [1.165, 1.54) is 23.9 Å². The number of nitrogens with zero attached hydrogens (tertiary/aromatic N) is 2. The molecule has 1 heterocycles. The summed E-state index contributed by atoms with van der Waals surface area (Å²) in [6.45, 7) is 1.46. The molecule has 0 atom stereocenters. The van der Waals surface area contributed by atoms with Crippen LogP contribution in [0.15, 0.2) is 27.8 Å². The van der Waals surface area contributed by atoms with Gasteiger partial charge in [0.05, 0.1) is 0 Å². The normalized spacial score (nSPS) is 10.1. The lowest BCUT2D eigenvalue weighted by Crippen LogP contribution is -1.87. The summed E-state index contributed by atoms with van der Waals surface area (Å²) >= 11 is 1.33. The molecule has 0 aliphatic carbocycles. The van der Waals surface area contributed by atoms with Gasteiger partial charge in [0.1, 0.15) is 12.4 Å². The lowest BCUT2D eigenvalue weighted by molar-refractivity contribution is 0.350. The lowest BCUT2D eigenvalue weighted by Gasteiger charge is -2.00. The van der Waals surface area contributed by atoms with Gasteiger partial charge < -0.3 is 9.52 Å². The number of halogens is 1. The van der Waals surface area contributed by atoms with Crippen LogP contribution in [0.4, 0.5) is 4.39 Å². The van der Waals surface area contributed by atoms with Crippen LogP contribution in [-0.2, 0) is 5.75 Å². The van der Waals surface area contributed by atoms with Crippen LogP contribution in [0.5, 0.6) is 0 Å². The SMILES string of the molecule is Cc1nnc(SCc2cc(F)cc(C#CCO)c2)o1. The summed E-state index contributed by atoms with van der Waals surface area (Å²) < 4.78 is 18.6. The zero-order valence-corrected chi connectivity index (χ0v) is 11.0. The van der Waals surface area contributed by atoms with E-state index in [0.29, 0.717) is 22.4 Å². The summed E-state index contributed by atoms with van der Waals surface area (Å²) in [5, 5.41) is 16.6. The Labute approximate surface area is 114 Å². The van der Waals surface area contributed by atoms with Gasteiger partial charge in [-0.15, -0.1) is 10.2 Å². The number of rotatable bonds is 3. The fourth-order valence-corrected chi connectivity index (χ4v) is 2.16. The molecule has 2 aromatic rings. The lowest BCUT2D eigenvalue weighted by atomic mass is 10.1. The Morgan fingerprint density at radius 2 is 2.21 bits per heavy atom. The quantitative estimate of drug-likeness (QED) is 0.688. The summed E-state index contributed by atoms with van der Waals surface area (Å²) in [6, 6.07) is 4.52. The van der Waals surface area contributed by atoms with E-state index in [2.05, 4.69) is 22.0 Å². The zero-order chi connectivity index (χ0) is 13.7. The number of aromatic nitrogens is 2. The Hall–Kier alpha value is -1.84. The number of aryl methyl sites for hydroxylation is 1. The first-order valence-electron chi connectivity index (χ1n) is 5.49. The molecule has 0 aliphatic rings. The van der Waals surface area contributed by atoms with Crippen molar-refractivity contribution in [1.82, 2.24) is 10.2 Å². The third-order valence-corrected chi connectivity index (χ3v) is 3.03. The van der Waals surface area contributed by atoms with Crippen LogP contribution in [0, 0.1) is 24.6 Å². The largest absolute Gasteiger partial charge is 0.416 e. The third-order valence-electron chi connectivity index (χ3n) is 2.14. The minimum absolute atomic E-state index is 0.248. The van der Waals surface area contributed by atoms with Gasteiger partial charge >= 0.3 is 0 Å². The van der Waals surface area contributed by atoms with Gasteiger partial charge in [0, 0.05) is 18.2 Å². The van der Waals surface area contributed by atoms with Crippen molar-refractivity contribution >= 4 is 11.8 Å². The van der Waals surface area contributed by atoms with Gasteiger partial charge in [0.15, 0.2) is 0 Å². The number of thioether (sulfide) groups is 1. The van der Waals surface area contributed by atoms with Crippen molar-refractivity contribution in [2.75, 3.05) is 6.61 Å². The van der Waals surface area contributed by atoms with Crippen molar-refractivity contribution in [2.45, 2.75) is 17.9 Å². The summed E-state index contributed by atoms with van der Waals surface area (Å²) in [5.41, 5.74) is 1.30. The van der Waals surface area contributed by atoms with E-state index < -0.39 is 0 Å². The first-order valence-corrected chi connectivity index (χ1v) is 6.48. The Morgan fingerprint density at radius 1 is 1.37 bits per heavy atom. The highest BCUT2D eigenvalue weighted by atomic mass is 32.2.